The van der Waals surface area contributed by atoms with Crippen molar-refractivity contribution in [3.63, 3.8) is 0 Å². The summed E-state index contributed by atoms with van der Waals surface area (Å²) in [6.45, 7) is 7.37. The van der Waals surface area contributed by atoms with Crippen LogP contribution < -0.4 is 0 Å². The van der Waals surface area contributed by atoms with Gasteiger partial charge in [-0.15, -0.1) is 0 Å². The Balaban J connectivity index is 1.46. The van der Waals surface area contributed by atoms with E-state index in [-0.39, 0.29) is 23.6 Å². The van der Waals surface area contributed by atoms with Crippen LogP contribution in [0.3, 0.4) is 0 Å². The SMILES string of the molecule is CC(=O)N1CCN(C(=O)C2CCN(C(=O)Cc3cccc(C)c3)CC2)CC1. The van der Waals surface area contributed by atoms with Crippen molar-refractivity contribution in [1.29, 1.82) is 0 Å². The summed E-state index contributed by atoms with van der Waals surface area (Å²) in [6, 6.07) is 8.05. The van der Waals surface area contributed by atoms with Gasteiger partial charge in [0.05, 0.1) is 6.42 Å². The maximum Gasteiger partial charge on any atom is 0.226 e. The predicted octanol–water partition coefficient (Wildman–Crippen LogP) is 1.47. The first kappa shape index (κ1) is 19.4. The summed E-state index contributed by atoms with van der Waals surface area (Å²) >= 11 is 0. The topological polar surface area (TPSA) is 60.9 Å². The molecule has 2 aliphatic heterocycles. The Labute approximate surface area is 161 Å². The fourth-order valence-corrected chi connectivity index (χ4v) is 3.98. The second-order valence-electron chi connectivity index (χ2n) is 7.65. The molecule has 3 amide bonds. The highest BCUT2D eigenvalue weighted by molar-refractivity contribution is 5.81. The molecule has 0 aromatic heterocycles. The molecule has 3 rings (SSSR count). The largest absolute Gasteiger partial charge is 0.342 e. The minimum atomic E-state index is -0.00287. The molecule has 0 spiro atoms. The smallest absolute Gasteiger partial charge is 0.226 e. The van der Waals surface area contributed by atoms with E-state index < -0.39 is 0 Å². The van der Waals surface area contributed by atoms with Crippen LogP contribution in [0.2, 0.25) is 0 Å². The lowest BCUT2D eigenvalue weighted by molar-refractivity contribution is -0.144. The number of carbonyl (C=O) groups excluding carboxylic acids is 3. The molecule has 2 saturated heterocycles. The van der Waals surface area contributed by atoms with Gasteiger partial charge in [0, 0.05) is 52.1 Å². The minimum absolute atomic E-state index is 0.00287. The number of piperazine rings is 1. The van der Waals surface area contributed by atoms with Crippen molar-refractivity contribution in [2.75, 3.05) is 39.3 Å². The van der Waals surface area contributed by atoms with Crippen LogP contribution in [0.1, 0.15) is 30.9 Å². The number of likely N-dealkylation sites (tertiary alicyclic amines) is 1. The zero-order chi connectivity index (χ0) is 19.4. The quantitative estimate of drug-likeness (QED) is 0.808. The normalized spacial score (nSPS) is 18.5. The third-order valence-corrected chi connectivity index (χ3v) is 5.67. The molecule has 146 valence electrons. The third-order valence-electron chi connectivity index (χ3n) is 5.67. The highest BCUT2D eigenvalue weighted by Crippen LogP contribution is 2.21. The van der Waals surface area contributed by atoms with E-state index in [1.807, 2.05) is 34.9 Å². The van der Waals surface area contributed by atoms with E-state index in [0.717, 1.165) is 24.0 Å². The van der Waals surface area contributed by atoms with Gasteiger partial charge in [0.2, 0.25) is 17.7 Å². The van der Waals surface area contributed by atoms with Crippen LogP contribution in [0.15, 0.2) is 24.3 Å². The molecule has 2 heterocycles. The predicted molar refractivity (Wildman–Crippen MR) is 103 cm³/mol. The standard InChI is InChI=1S/C21H29N3O3/c1-16-4-3-5-18(14-16)15-20(26)23-8-6-19(7-9-23)21(27)24-12-10-22(11-13-24)17(2)25/h3-5,14,19H,6-13,15H2,1-2H3. The fourth-order valence-electron chi connectivity index (χ4n) is 3.98. The summed E-state index contributed by atoms with van der Waals surface area (Å²) in [7, 11) is 0. The fraction of sp³-hybridized carbons (Fsp3) is 0.571. The zero-order valence-electron chi connectivity index (χ0n) is 16.3. The van der Waals surface area contributed by atoms with Gasteiger partial charge in [-0.05, 0) is 25.3 Å². The van der Waals surface area contributed by atoms with Gasteiger partial charge in [-0.25, -0.2) is 0 Å². The average Bonchev–Trinajstić information content (AvgIpc) is 2.67. The van der Waals surface area contributed by atoms with Crippen LogP contribution in [0, 0.1) is 12.8 Å². The maximum atomic E-state index is 12.8. The van der Waals surface area contributed by atoms with Gasteiger partial charge in [-0.3, -0.25) is 14.4 Å². The van der Waals surface area contributed by atoms with Gasteiger partial charge in [0.1, 0.15) is 0 Å². The Morgan fingerprint density at radius 3 is 2.15 bits per heavy atom. The van der Waals surface area contributed by atoms with E-state index in [0.29, 0.717) is 45.7 Å². The summed E-state index contributed by atoms with van der Waals surface area (Å²) in [6.07, 6.45) is 1.88. The first-order valence-corrected chi connectivity index (χ1v) is 9.81. The second kappa shape index (κ2) is 8.55. The van der Waals surface area contributed by atoms with Crippen molar-refractivity contribution < 1.29 is 14.4 Å². The zero-order valence-corrected chi connectivity index (χ0v) is 16.3. The lowest BCUT2D eigenvalue weighted by Gasteiger charge is -2.38. The maximum absolute atomic E-state index is 12.8. The molecule has 1 aromatic rings. The van der Waals surface area contributed by atoms with Crippen LogP contribution in [0.4, 0.5) is 0 Å². The van der Waals surface area contributed by atoms with Crippen molar-refractivity contribution in [3.8, 4) is 0 Å². The van der Waals surface area contributed by atoms with E-state index in [1.165, 1.54) is 0 Å². The molecule has 6 heteroatoms. The number of carbonyl (C=O) groups is 3. The van der Waals surface area contributed by atoms with Crippen LogP contribution >= 0.6 is 0 Å². The molecule has 0 atom stereocenters. The van der Waals surface area contributed by atoms with Gasteiger partial charge in [0.25, 0.3) is 0 Å². The number of amides is 3. The summed E-state index contributed by atoms with van der Waals surface area (Å²) < 4.78 is 0. The lowest BCUT2D eigenvalue weighted by atomic mass is 9.94. The first-order chi connectivity index (χ1) is 12.9. The molecule has 2 aliphatic rings. The van der Waals surface area contributed by atoms with E-state index in [1.54, 1.807) is 11.8 Å². The van der Waals surface area contributed by atoms with Gasteiger partial charge in [0.15, 0.2) is 0 Å². The molecule has 0 N–H and O–H groups in total. The van der Waals surface area contributed by atoms with Gasteiger partial charge >= 0.3 is 0 Å². The van der Waals surface area contributed by atoms with Crippen molar-refractivity contribution in [1.82, 2.24) is 14.7 Å². The van der Waals surface area contributed by atoms with Crippen LogP contribution in [0.5, 0.6) is 0 Å². The van der Waals surface area contributed by atoms with Gasteiger partial charge in [-0.1, -0.05) is 29.8 Å². The number of piperidine rings is 1. The van der Waals surface area contributed by atoms with Crippen molar-refractivity contribution >= 4 is 17.7 Å². The Morgan fingerprint density at radius 2 is 1.56 bits per heavy atom. The number of hydrogen-bond acceptors (Lipinski definition) is 3. The summed E-state index contributed by atoms with van der Waals surface area (Å²) in [5.41, 5.74) is 2.20. The minimum Gasteiger partial charge on any atom is -0.342 e. The monoisotopic (exact) mass is 371 g/mol. The molecule has 0 aliphatic carbocycles. The molecule has 0 bridgehead atoms. The molecule has 1 aromatic carbocycles. The van der Waals surface area contributed by atoms with Gasteiger partial charge < -0.3 is 14.7 Å². The Bertz CT molecular complexity index is 702. The molecule has 2 fully saturated rings. The first-order valence-electron chi connectivity index (χ1n) is 9.81. The van der Waals surface area contributed by atoms with Crippen LogP contribution in [-0.4, -0.2) is 71.7 Å². The number of rotatable bonds is 3. The Kier molecular flexibility index (Phi) is 6.14. The molecule has 0 unspecified atom stereocenters. The third kappa shape index (κ3) is 4.87. The summed E-state index contributed by atoms with van der Waals surface area (Å²) in [5, 5.41) is 0. The average molecular weight is 371 g/mol. The molecular weight excluding hydrogens is 342 g/mol. The van der Waals surface area contributed by atoms with E-state index in [9.17, 15) is 14.4 Å². The highest BCUT2D eigenvalue weighted by Gasteiger charge is 2.31. The van der Waals surface area contributed by atoms with Crippen molar-refractivity contribution in [2.45, 2.75) is 33.1 Å². The number of hydrogen-bond donors (Lipinski definition) is 0. The van der Waals surface area contributed by atoms with Crippen molar-refractivity contribution in [3.05, 3.63) is 35.4 Å². The Hall–Kier alpha value is -2.37. The van der Waals surface area contributed by atoms with Crippen molar-refractivity contribution in [2.24, 2.45) is 5.92 Å². The number of aryl methyl sites for hydroxylation is 1. The molecular formula is C21H29N3O3. The summed E-state index contributed by atoms with van der Waals surface area (Å²) in [4.78, 5) is 42.3. The molecule has 27 heavy (non-hydrogen) atoms. The molecule has 0 radical (unpaired) electrons. The summed E-state index contributed by atoms with van der Waals surface area (Å²) in [5.74, 6) is 0.394. The van der Waals surface area contributed by atoms with Crippen LogP contribution in [-0.2, 0) is 20.8 Å². The molecule has 0 saturated carbocycles. The van der Waals surface area contributed by atoms with E-state index in [2.05, 4.69) is 6.07 Å². The Morgan fingerprint density at radius 1 is 0.926 bits per heavy atom. The van der Waals surface area contributed by atoms with Crippen LogP contribution in [0.25, 0.3) is 0 Å². The van der Waals surface area contributed by atoms with E-state index >= 15 is 0 Å². The molecule has 6 nitrogen and oxygen atoms in total. The number of benzene rings is 1. The highest BCUT2D eigenvalue weighted by atomic mass is 16.2. The van der Waals surface area contributed by atoms with Gasteiger partial charge in [-0.2, -0.15) is 0 Å². The lowest BCUT2D eigenvalue weighted by Crippen LogP contribution is -2.52. The van der Waals surface area contributed by atoms with E-state index in [4.69, 9.17) is 0 Å². The second-order valence-corrected chi connectivity index (χ2v) is 7.65. The number of nitrogens with zero attached hydrogens (tertiary/aromatic N) is 3.